The molecule has 0 aliphatic carbocycles. The van der Waals surface area contributed by atoms with Crippen molar-refractivity contribution in [1.82, 2.24) is 10.2 Å². The second-order valence-corrected chi connectivity index (χ2v) is 6.30. The number of nitrogens with zero attached hydrogens (tertiary/aromatic N) is 1. The minimum atomic E-state index is -0.194. The Morgan fingerprint density at radius 3 is 2.90 bits per heavy atom. The van der Waals surface area contributed by atoms with Crippen LogP contribution < -0.4 is 10.1 Å². The summed E-state index contributed by atoms with van der Waals surface area (Å²) < 4.78 is 19.8. The largest absolute Gasteiger partial charge is 0.487 e. The van der Waals surface area contributed by atoms with Crippen LogP contribution in [0.3, 0.4) is 0 Å². The molecule has 3 atom stereocenters. The van der Waals surface area contributed by atoms with E-state index < -0.39 is 0 Å². The zero-order chi connectivity index (χ0) is 14.3. The van der Waals surface area contributed by atoms with E-state index in [0.29, 0.717) is 6.04 Å². The Balaban J connectivity index is 1.93. The van der Waals surface area contributed by atoms with Gasteiger partial charge in [0.2, 0.25) is 0 Å². The minimum absolute atomic E-state index is 0.107. The number of likely N-dealkylation sites (tertiary alicyclic amines) is 1. The van der Waals surface area contributed by atoms with E-state index in [9.17, 15) is 4.39 Å². The van der Waals surface area contributed by atoms with E-state index in [4.69, 9.17) is 4.74 Å². The van der Waals surface area contributed by atoms with Crippen LogP contribution in [0, 0.1) is 5.82 Å². The van der Waals surface area contributed by atoms with Crippen molar-refractivity contribution < 1.29 is 9.13 Å². The first-order valence-corrected chi connectivity index (χ1v) is 7.39. The maximum absolute atomic E-state index is 13.5. The molecule has 1 aromatic rings. The quantitative estimate of drug-likeness (QED) is 0.855. The maximum Gasteiger partial charge on any atom is 0.125 e. The number of piperidine rings is 1. The molecule has 2 aliphatic heterocycles. The summed E-state index contributed by atoms with van der Waals surface area (Å²) in [7, 11) is 4.11. The highest BCUT2D eigenvalue weighted by atomic mass is 19.1. The molecule has 4 heteroatoms. The average molecular weight is 278 g/mol. The van der Waals surface area contributed by atoms with Crippen molar-refractivity contribution in [3.8, 4) is 5.75 Å². The highest BCUT2D eigenvalue weighted by Gasteiger charge is 2.44. The molecule has 0 bridgehead atoms. The summed E-state index contributed by atoms with van der Waals surface area (Å²) in [6, 6.07) is 5.55. The number of ether oxygens (including phenoxy) is 1. The third-order valence-corrected chi connectivity index (χ3v) is 4.94. The van der Waals surface area contributed by atoms with Crippen LogP contribution in [-0.2, 0) is 0 Å². The van der Waals surface area contributed by atoms with Gasteiger partial charge in [-0.15, -0.1) is 0 Å². The lowest BCUT2D eigenvalue weighted by atomic mass is 9.78. The van der Waals surface area contributed by atoms with Crippen molar-refractivity contribution in [2.24, 2.45) is 0 Å². The molecule has 3 nitrogen and oxygen atoms in total. The highest BCUT2D eigenvalue weighted by Crippen LogP contribution is 2.45. The fourth-order valence-electron chi connectivity index (χ4n) is 3.57. The molecule has 1 saturated heterocycles. The first-order valence-electron chi connectivity index (χ1n) is 7.39. The molecule has 2 aliphatic rings. The van der Waals surface area contributed by atoms with E-state index in [2.05, 4.69) is 24.2 Å². The number of fused-ring (bicyclic) bond motifs is 1. The summed E-state index contributed by atoms with van der Waals surface area (Å²) in [4.78, 5) is 2.38. The van der Waals surface area contributed by atoms with Crippen LogP contribution in [0.15, 0.2) is 18.2 Å². The number of benzene rings is 1. The predicted molar refractivity (Wildman–Crippen MR) is 77.5 cm³/mol. The molecular weight excluding hydrogens is 255 g/mol. The second-order valence-electron chi connectivity index (χ2n) is 6.30. The van der Waals surface area contributed by atoms with Crippen molar-refractivity contribution in [2.75, 3.05) is 20.6 Å². The molecule has 0 amide bonds. The Labute approximate surface area is 120 Å². The van der Waals surface area contributed by atoms with Gasteiger partial charge in [0.15, 0.2) is 0 Å². The summed E-state index contributed by atoms with van der Waals surface area (Å²) in [5, 5.41) is 3.32. The lowest BCUT2D eigenvalue weighted by Crippen LogP contribution is -2.53. The molecule has 2 heterocycles. The third kappa shape index (κ3) is 2.31. The molecule has 1 N–H and O–H groups in total. The van der Waals surface area contributed by atoms with Gasteiger partial charge >= 0.3 is 0 Å². The molecule has 20 heavy (non-hydrogen) atoms. The summed E-state index contributed by atoms with van der Waals surface area (Å²) in [6.45, 7) is 3.30. The van der Waals surface area contributed by atoms with Gasteiger partial charge in [-0.1, -0.05) is 0 Å². The van der Waals surface area contributed by atoms with Gasteiger partial charge in [-0.2, -0.15) is 0 Å². The molecule has 3 unspecified atom stereocenters. The Hall–Kier alpha value is -1.13. The fraction of sp³-hybridized carbons (Fsp3) is 0.625. The first-order chi connectivity index (χ1) is 9.53. The third-order valence-electron chi connectivity index (χ3n) is 4.94. The monoisotopic (exact) mass is 278 g/mol. The van der Waals surface area contributed by atoms with Crippen molar-refractivity contribution >= 4 is 0 Å². The first kappa shape index (κ1) is 13.8. The van der Waals surface area contributed by atoms with Crippen molar-refractivity contribution in [3.63, 3.8) is 0 Å². The van der Waals surface area contributed by atoms with Gasteiger partial charge < -0.3 is 15.0 Å². The SMILES string of the molecule is CNC1CC2(CCN(C)C(C)C2)Oc2ccc(F)cc21. The Morgan fingerprint density at radius 2 is 2.20 bits per heavy atom. The topological polar surface area (TPSA) is 24.5 Å². The summed E-state index contributed by atoms with van der Waals surface area (Å²) >= 11 is 0. The minimum Gasteiger partial charge on any atom is -0.487 e. The normalized spacial score (nSPS) is 33.8. The number of hydrogen-bond acceptors (Lipinski definition) is 3. The standard InChI is InChI=1S/C16H23FN2O/c1-11-9-16(6-7-19(11)3)10-14(18-2)13-8-12(17)4-5-15(13)20-16/h4-5,8,11,14,18H,6-7,9-10H2,1-3H3. The second kappa shape index (κ2) is 5.01. The van der Waals surface area contributed by atoms with E-state index in [1.807, 2.05) is 7.05 Å². The van der Waals surface area contributed by atoms with Crippen LogP contribution in [-0.4, -0.2) is 37.2 Å². The molecular formula is C16H23FN2O. The van der Waals surface area contributed by atoms with Crippen LogP contribution in [0.2, 0.25) is 0 Å². The maximum atomic E-state index is 13.5. The zero-order valence-corrected chi connectivity index (χ0v) is 12.4. The van der Waals surface area contributed by atoms with E-state index >= 15 is 0 Å². The van der Waals surface area contributed by atoms with E-state index in [0.717, 1.165) is 37.1 Å². The zero-order valence-electron chi connectivity index (χ0n) is 12.4. The fourth-order valence-corrected chi connectivity index (χ4v) is 3.57. The molecule has 1 fully saturated rings. The number of hydrogen-bond donors (Lipinski definition) is 1. The Bertz CT molecular complexity index is 507. The Morgan fingerprint density at radius 1 is 1.40 bits per heavy atom. The van der Waals surface area contributed by atoms with Crippen molar-refractivity contribution in [3.05, 3.63) is 29.6 Å². The van der Waals surface area contributed by atoms with Crippen molar-refractivity contribution in [1.29, 1.82) is 0 Å². The molecule has 1 aromatic carbocycles. The molecule has 0 saturated carbocycles. The van der Waals surface area contributed by atoms with Gasteiger partial charge in [0.1, 0.15) is 17.2 Å². The highest BCUT2D eigenvalue weighted by molar-refractivity contribution is 5.39. The number of halogens is 1. The predicted octanol–water partition coefficient (Wildman–Crippen LogP) is 2.72. The van der Waals surface area contributed by atoms with Crippen LogP contribution in [0.5, 0.6) is 5.75 Å². The lowest BCUT2D eigenvalue weighted by Gasteiger charge is -2.48. The number of nitrogens with one attached hydrogen (secondary N) is 1. The van der Waals surface area contributed by atoms with E-state index in [1.165, 1.54) is 6.07 Å². The smallest absolute Gasteiger partial charge is 0.125 e. The van der Waals surface area contributed by atoms with Gasteiger partial charge in [0, 0.05) is 37.0 Å². The van der Waals surface area contributed by atoms with Crippen LogP contribution >= 0.6 is 0 Å². The molecule has 3 rings (SSSR count). The van der Waals surface area contributed by atoms with Gasteiger partial charge in [-0.25, -0.2) is 4.39 Å². The van der Waals surface area contributed by atoms with Gasteiger partial charge in [-0.05, 0) is 45.6 Å². The van der Waals surface area contributed by atoms with Crippen LogP contribution in [0.4, 0.5) is 4.39 Å². The summed E-state index contributed by atoms with van der Waals surface area (Å²) in [5.74, 6) is 0.647. The van der Waals surface area contributed by atoms with Crippen LogP contribution in [0.25, 0.3) is 0 Å². The number of rotatable bonds is 1. The van der Waals surface area contributed by atoms with E-state index in [1.54, 1.807) is 12.1 Å². The Kier molecular flexibility index (Phi) is 3.46. The van der Waals surface area contributed by atoms with Gasteiger partial charge in [0.25, 0.3) is 0 Å². The molecule has 1 spiro atoms. The van der Waals surface area contributed by atoms with Gasteiger partial charge in [-0.3, -0.25) is 0 Å². The summed E-state index contributed by atoms with van der Waals surface area (Å²) in [6.07, 6.45) is 2.97. The van der Waals surface area contributed by atoms with Crippen LogP contribution in [0.1, 0.15) is 37.8 Å². The van der Waals surface area contributed by atoms with Crippen molar-refractivity contribution in [2.45, 2.75) is 43.9 Å². The molecule has 110 valence electrons. The average Bonchev–Trinajstić information content (AvgIpc) is 2.43. The molecule has 0 radical (unpaired) electrons. The lowest BCUT2D eigenvalue weighted by molar-refractivity contribution is -0.0385. The van der Waals surface area contributed by atoms with Gasteiger partial charge in [0.05, 0.1) is 0 Å². The van der Waals surface area contributed by atoms with E-state index in [-0.39, 0.29) is 17.5 Å². The summed E-state index contributed by atoms with van der Waals surface area (Å²) in [5.41, 5.74) is 0.842. The molecule has 0 aromatic heterocycles.